The van der Waals surface area contributed by atoms with Gasteiger partial charge in [-0.25, -0.2) is 9.37 Å². The van der Waals surface area contributed by atoms with Gasteiger partial charge >= 0.3 is 6.01 Å². The molecule has 2 aromatic rings. The van der Waals surface area contributed by atoms with Gasteiger partial charge in [0.25, 0.3) is 0 Å². The minimum atomic E-state index is -0.507. The van der Waals surface area contributed by atoms with Crippen molar-refractivity contribution in [2.45, 2.75) is 6.42 Å². The number of halogens is 2. The molecular formula is C13H13ClFN3O. The molecule has 0 radical (unpaired) electrons. The minimum absolute atomic E-state index is 0.122. The maximum absolute atomic E-state index is 13.1. The predicted molar refractivity (Wildman–Crippen MR) is 72.2 cm³/mol. The fourth-order valence-electron chi connectivity index (χ4n) is 1.51. The monoisotopic (exact) mass is 281 g/mol. The van der Waals surface area contributed by atoms with Crippen molar-refractivity contribution in [1.29, 1.82) is 0 Å². The number of aromatic nitrogens is 2. The fraction of sp³-hybridized carbons (Fsp3) is 0.231. The summed E-state index contributed by atoms with van der Waals surface area (Å²) in [4.78, 5) is 7.66. The molecule has 1 aromatic heterocycles. The number of ether oxygens (including phenoxy) is 1. The molecule has 1 heterocycles. The molecule has 100 valence electrons. The first kappa shape index (κ1) is 13.5. The topological polar surface area (TPSA) is 47.0 Å². The summed E-state index contributed by atoms with van der Waals surface area (Å²) < 4.78 is 18.5. The van der Waals surface area contributed by atoms with Crippen LogP contribution in [-0.4, -0.2) is 23.6 Å². The van der Waals surface area contributed by atoms with Gasteiger partial charge in [-0.1, -0.05) is 23.7 Å². The second-order valence-corrected chi connectivity index (χ2v) is 4.26. The summed E-state index contributed by atoms with van der Waals surface area (Å²) >= 11 is 5.80. The van der Waals surface area contributed by atoms with E-state index in [4.69, 9.17) is 16.3 Å². The highest BCUT2D eigenvalue weighted by atomic mass is 35.5. The third-order valence-electron chi connectivity index (χ3n) is 2.49. The number of nitrogens with zero attached hydrogens (tertiary/aromatic N) is 2. The number of nitrogens with one attached hydrogen (secondary N) is 1. The maximum Gasteiger partial charge on any atom is 0.318 e. The van der Waals surface area contributed by atoms with Crippen LogP contribution < -0.4 is 10.1 Å². The van der Waals surface area contributed by atoms with Crippen LogP contribution in [0.1, 0.15) is 5.56 Å². The molecule has 0 fully saturated rings. The van der Waals surface area contributed by atoms with Crippen LogP contribution in [0, 0.1) is 5.82 Å². The highest BCUT2D eigenvalue weighted by Gasteiger charge is 2.05. The molecule has 0 aliphatic heterocycles. The van der Waals surface area contributed by atoms with Crippen LogP contribution in [0.5, 0.6) is 6.01 Å². The highest BCUT2D eigenvalue weighted by Crippen LogP contribution is 2.13. The molecule has 6 heteroatoms. The molecule has 0 aliphatic carbocycles. The lowest BCUT2D eigenvalue weighted by Gasteiger charge is -2.06. The molecule has 1 aromatic carbocycles. The molecule has 2 rings (SSSR count). The van der Waals surface area contributed by atoms with Gasteiger partial charge in [0.15, 0.2) is 11.6 Å². The lowest BCUT2D eigenvalue weighted by molar-refractivity contribution is 0.295. The zero-order valence-electron chi connectivity index (χ0n) is 10.4. The Hall–Kier alpha value is -1.88. The van der Waals surface area contributed by atoms with Crippen molar-refractivity contribution >= 4 is 17.4 Å². The summed E-state index contributed by atoms with van der Waals surface area (Å²) in [5.41, 5.74) is 1.10. The van der Waals surface area contributed by atoms with E-state index in [-0.39, 0.29) is 11.8 Å². The Morgan fingerprint density at radius 1 is 1.32 bits per heavy atom. The van der Waals surface area contributed by atoms with E-state index in [1.165, 1.54) is 0 Å². The van der Waals surface area contributed by atoms with E-state index in [9.17, 15) is 4.39 Å². The van der Waals surface area contributed by atoms with Crippen LogP contribution in [0.2, 0.25) is 5.02 Å². The molecule has 0 saturated carbocycles. The summed E-state index contributed by atoms with van der Waals surface area (Å²) in [6.07, 6.45) is 1.78. The highest BCUT2D eigenvalue weighted by molar-refractivity contribution is 6.30. The lowest BCUT2D eigenvalue weighted by Crippen LogP contribution is -2.06. The second-order valence-electron chi connectivity index (χ2n) is 3.82. The van der Waals surface area contributed by atoms with E-state index in [1.54, 1.807) is 7.05 Å². The lowest BCUT2D eigenvalue weighted by atomic mass is 10.2. The van der Waals surface area contributed by atoms with Gasteiger partial charge in [0.2, 0.25) is 0 Å². The second kappa shape index (κ2) is 6.33. The molecule has 0 bridgehead atoms. The smallest absolute Gasteiger partial charge is 0.318 e. The Kier molecular flexibility index (Phi) is 4.52. The van der Waals surface area contributed by atoms with Gasteiger partial charge in [0.1, 0.15) is 0 Å². The third kappa shape index (κ3) is 3.79. The Bertz CT molecular complexity index is 548. The van der Waals surface area contributed by atoms with E-state index >= 15 is 0 Å². The molecule has 1 N–H and O–H groups in total. The molecule has 0 amide bonds. The molecular weight excluding hydrogens is 269 g/mol. The SMILES string of the molecule is CNc1nc(OCCc2ccc(Cl)cc2)ncc1F. The van der Waals surface area contributed by atoms with Crippen LogP contribution in [-0.2, 0) is 6.42 Å². The van der Waals surface area contributed by atoms with Crippen molar-refractivity contribution < 1.29 is 9.13 Å². The van der Waals surface area contributed by atoms with Crippen molar-refractivity contribution in [3.05, 3.63) is 46.9 Å². The van der Waals surface area contributed by atoms with Gasteiger partial charge in [-0.3, -0.25) is 0 Å². The van der Waals surface area contributed by atoms with Crippen molar-refractivity contribution in [2.75, 3.05) is 19.0 Å². The van der Waals surface area contributed by atoms with Crippen LogP contribution in [0.25, 0.3) is 0 Å². The van der Waals surface area contributed by atoms with Gasteiger partial charge in [-0.05, 0) is 17.7 Å². The standard InChI is InChI=1S/C13H13ClFN3O/c1-16-12-11(15)8-17-13(18-12)19-7-6-9-2-4-10(14)5-3-9/h2-5,8H,6-7H2,1H3,(H,16,17,18). The fourth-order valence-corrected chi connectivity index (χ4v) is 1.63. The van der Waals surface area contributed by atoms with Crippen molar-refractivity contribution in [3.63, 3.8) is 0 Å². The summed E-state index contributed by atoms with van der Waals surface area (Å²) in [5.74, 6) is -0.385. The van der Waals surface area contributed by atoms with Gasteiger partial charge in [0, 0.05) is 18.5 Å². The Balaban J connectivity index is 1.90. The molecule has 0 aliphatic rings. The first-order valence-corrected chi connectivity index (χ1v) is 6.14. The number of anilines is 1. The summed E-state index contributed by atoms with van der Waals surface area (Å²) in [7, 11) is 1.59. The first-order chi connectivity index (χ1) is 9.19. The zero-order chi connectivity index (χ0) is 13.7. The minimum Gasteiger partial charge on any atom is -0.463 e. The number of rotatable bonds is 5. The van der Waals surface area contributed by atoms with Crippen molar-refractivity contribution in [2.24, 2.45) is 0 Å². The molecule has 4 nitrogen and oxygen atoms in total. The number of hydrogen-bond acceptors (Lipinski definition) is 4. The van der Waals surface area contributed by atoms with E-state index in [2.05, 4.69) is 15.3 Å². The normalized spacial score (nSPS) is 10.3. The van der Waals surface area contributed by atoms with Crippen LogP contribution in [0.4, 0.5) is 10.2 Å². The molecule has 0 saturated heterocycles. The van der Waals surface area contributed by atoms with Gasteiger partial charge < -0.3 is 10.1 Å². The Labute approximate surface area is 115 Å². The van der Waals surface area contributed by atoms with Crippen LogP contribution >= 0.6 is 11.6 Å². The molecule has 0 atom stereocenters. The van der Waals surface area contributed by atoms with Crippen LogP contribution in [0.3, 0.4) is 0 Å². The van der Waals surface area contributed by atoms with E-state index in [0.717, 1.165) is 11.8 Å². The van der Waals surface area contributed by atoms with E-state index < -0.39 is 5.82 Å². The van der Waals surface area contributed by atoms with Gasteiger partial charge in [-0.2, -0.15) is 4.98 Å². The Morgan fingerprint density at radius 2 is 2.05 bits per heavy atom. The molecule has 19 heavy (non-hydrogen) atoms. The third-order valence-corrected chi connectivity index (χ3v) is 2.75. The predicted octanol–water partition coefficient (Wildman–Crippen LogP) is 2.93. The van der Waals surface area contributed by atoms with Crippen molar-refractivity contribution in [3.8, 4) is 6.01 Å². The quantitative estimate of drug-likeness (QED) is 0.915. The summed E-state index contributed by atoms with van der Waals surface area (Å²) in [6.45, 7) is 0.413. The van der Waals surface area contributed by atoms with Gasteiger partial charge in [0.05, 0.1) is 12.8 Å². The van der Waals surface area contributed by atoms with E-state index in [1.807, 2.05) is 24.3 Å². The number of benzene rings is 1. The number of hydrogen-bond donors (Lipinski definition) is 1. The first-order valence-electron chi connectivity index (χ1n) is 5.76. The average molecular weight is 282 g/mol. The molecule has 0 spiro atoms. The van der Waals surface area contributed by atoms with Gasteiger partial charge in [-0.15, -0.1) is 0 Å². The average Bonchev–Trinajstić information content (AvgIpc) is 2.43. The maximum atomic E-state index is 13.1. The summed E-state index contributed by atoms with van der Waals surface area (Å²) in [5, 5.41) is 3.33. The summed E-state index contributed by atoms with van der Waals surface area (Å²) in [6, 6.07) is 7.65. The molecule has 0 unspecified atom stereocenters. The largest absolute Gasteiger partial charge is 0.463 e. The van der Waals surface area contributed by atoms with E-state index in [0.29, 0.717) is 18.1 Å². The van der Waals surface area contributed by atoms with Crippen molar-refractivity contribution in [1.82, 2.24) is 9.97 Å². The van der Waals surface area contributed by atoms with Crippen LogP contribution in [0.15, 0.2) is 30.5 Å². The zero-order valence-corrected chi connectivity index (χ0v) is 11.1. The Morgan fingerprint density at radius 3 is 2.74 bits per heavy atom.